The van der Waals surface area contributed by atoms with E-state index in [1.807, 2.05) is 38.1 Å². The maximum atomic E-state index is 12.1. The topological polar surface area (TPSA) is 41.6 Å². The number of hydrogen-bond acceptors (Lipinski definition) is 3. The van der Waals surface area contributed by atoms with E-state index in [-0.39, 0.29) is 18.6 Å². The molecule has 0 aromatic heterocycles. The highest BCUT2D eigenvalue weighted by atomic mass is 16.5. The number of benzene rings is 2. The first-order chi connectivity index (χ1) is 12.1. The van der Waals surface area contributed by atoms with E-state index in [4.69, 9.17) is 4.74 Å². The van der Waals surface area contributed by atoms with Gasteiger partial charge in [-0.05, 0) is 62.1 Å². The van der Waals surface area contributed by atoms with Gasteiger partial charge in [-0.1, -0.05) is 24.3 Å². The maximum absolute atomic E-state index is 12.1. The number of rotatable bonds is 6. The Morgan fingerprint density at radius 2 is 1.88 bits per heavy atom. The Morgan fingerprint density at radius 1 is 1.16 bits per heavy atom. The first-order valence-electron chi connectivity index (χ1n) is 8.95. The van der Waals surface area contributed by atoms with Crippen LogP contribution in [0.2, 0.25) is 0 Å². The maximum Gasteiger partial charge on any atom is 0.258 e. The van der Waals surface area contributed by atoms with Crippen LogP contribution in [0, 0.1) is 6.92 Å². The number of aryl methyl sites for hydroxylation is 1. The van der Waals surface area contributed by atoms with E-state index in [1.165, 1.54) is 18.5 Å². The fraction of sp³-hybridized carbons (Fsp3) is 0.381. The highest BCUT2D eigenvalue weighted by Crippen LogP contribution is 2.22. The molecule has 2 aromatic rings. The largest absolute Gasteiger partial charge is 0.484 e. The zero-order valence-electron chi connectivity index (χ0n) is 15.0. The van der Waals surface area contributed by atoms with Crippen LogP contribution in [0.4, 0.5) is 5.69 Å². The van der Waals surface area contributed by atoms with Crippen molar-refractivity contribution in [2.75, 3.05) is 24.6 Å². The van der Waals surface area contributed by atoms with Gasteiger partial charge in [-0.25, -0.2) is 0 Å². The molecule has 2 aromatic carbocycles. The molecule has 1 aliphatic heterocycles. The lowest BCUT2D eigenvalue weighted by molar-refractivity contribution is -0.123. The van der Waals surface area contributed by atoms with Crippen molar-refractivity contribution in [3.63, 3.8) is 0 Å². The summed E-state index contributed by atoms with van der Waals surface area (Å²) in [4.78, 5) is 14.5. The molecule has 1 saturated heterocycles. The van der Waals surface area contributed by atoms with Gasteiger partial charge in [0.1, 0.15) is 5.75 Å². The number of carbonyl (C=O) groups is 1. The summed E-state index contributed by atoms with van der Waals surface area (Å²) in [6.45, 7) is 6.31. The van der Waals surface area contributed by atoms with Gasteiger partial charge >= 0.3 is 0 Å². The number of carbonyl (C=O) groups excluding carboxylic acids is 1. The summed E-state index contributed by atoms with van der Waals surface area (Å²) in [6.07, 6.45) is 2.55. The number of amides is 1. The minimum Gasteiger partial charge on any atom is -0.484 e. The second-order valence-corrected chi connectivity index (χ2v) is 6.68. The molecule has 1 N–H and O–H groups in total. The van der Waals surface area contributed by atoms with Crippen LogP contribution in [0.15, 0.2) is 48.5 Å². The zero-order chi connectivity index (χ0) is 17.6. The monoisotopic (exact) mass is 338 g/mol. The Balaban J connectivity index is 1.50. The van der Waals surface area contributed by atoms with Gasteiger partial charge in [0.2, 0.25) is 0 Å². The van der Waals surface area contributed by atoms with Gasteiger partial charge in [0.15, 0.2) is 6.61 Å². The van der Waals surface area contributed by atoms with Crippen molar-refractivity contribution >= 4 is 11.6 Å². The molecule has 0 spiro atoms. The summed E-state index contributed by atoms with van der Waals surface area (Å²) in [5.74, 6) is 0.607. The Hall–Kier alpha value is -2.49. The smallest absolute Gasteiger partial charge is 0.258 e. The predicted molar refractivity (Wildman–Crippen MR) is 101 cm³/mol. The van der Waals surface area contributed by atoms with E-state index in [0.717, 1.165) is 30.0 Å². The summed E-state index contributed by atoms with van der Waals surface area (Å²) in [6, 6.07) is 16.2. The fourth-order valence-electron chi connectivity index (χ4n) is 3.17. The first kappa shape index (κ1) is 17.3. The standard InChI is InChI=1S/C21H26N2O2/c1-16-6-5-7-20(14-16)25-15-21(24)22-17(2)18-8-10-19(11-9-18)23-12-3-4-13-23/h5-11,14,17H,3-4,12-13,15H2,1-2H3,(H,22,24)/t17-/m0/s1. The Labute approximate surface area is 149 Å². The van der Waals surface area contributed by atoms with Gasteiger partial charge in [0, 0.05) is 18.8 Å². The van der Waals surface area contributed by atoms with Gasteiger partial charge in [-0.2, -0.15) is 0 Å². The predicted octanol–water partition coefficient (Wildman–Crippen LogP) is 3.85. The highest BCUT2D eigenvalue weighted by molar-refractivity contribution is 5.78. The lowest BCUT2D eigenvalue weighted by Gasteiger charge is -2.19. The molecule has 0 saturated carbocycles. The molecular formula is C21H26N2O2. The highest BCUT2D eigenvalue weighted by Gasteiger charge is 2.14. The molecule has 4 heteroatoms. The Morgan fingerprint density at radius 3 is 2.56 bits per heavy atom. The van der Waals surface area contributed by atoms with Gasteiger partial charge in [-0.3, -0.25) is 4.79 Å². The minimum atomic E-state index is -0.113. The van der Waals surface area contributed by atoms with Crippen LogP contribution in [0.5, 0.6) is 5.75 Å². The molecule has 1 amide bonds. The van der Waals surface area contributed by atoms with Gasteiger partial charge in [-0.15, -0.1) is 0 Å². The molecule has 4 nitrogen and oxygen atoms in total. The van der Waals surface area contributed by atoms with Crippen LogP contribution in [-0.2, 0) is 4.79 Å². The molecule has 1 atom stereocenters. The summed E-state index contributed by atoms with van der Waals surface area (Å²) in [5, 5.41) is 2.99. The Bertz CT molecular complexity index is 706. The SMILES string of the molecule is Cc1cccc(OCC(=O)N[C@@H](C)c2ccc(N3CCCC3)cc2)c1. The van der Waals surface area contributed by atoms with Crippen LogP contribution in [0.1, 0.15) is 36.9 Å². The molecule has 0 radical (unpaired) electrons. The van der Waals surface area contributed by atoms with Crippen LogP contribution >= 0.6 is 0 Å². The van der Waals surface area contributed by atoms with Crippen molar-refractivity contribution in [3.05, 3.63) is 59.7 Å². The summed E-state index contributed by atoms with van der Waals surface area (Å²) >= 11 is 0. The van der Waals surface area contributed by atoms with Crippen molar-refractivity contribution in [2.24, 2.45) is 0 Å². The van der Waals surface area contributed by atoms with Crippen molar-refractivity contribution < 1.29 is 9.53 Å². The number of anilines is 1. The van der Waals surface area contributed by atoms with Crippen molar-refractivity contribution in [2.45, 2.75) is 32.7 Å². The lowest BCUT2D eigenvalue weighted by atomic mass is 10.1. The number of nitrogens with zero attached hydrogens (tertiary/aromatic N) is 1. The van der Waals surface area contributed by atoms with E-state index in [9.17, 15) is 4.79 Å². The zero-order valence-corrected chi connectivity index (χ0v) is 15.0. The van der Waals surface area contributed by atoms with Crippen molar-refractivity contribution in [3.8, 4) is 5.75 Å². The molecule has 1 fully saturated rings. The van der Waals surface area contributed by atoms with Crippen LogP contribution < -0.4 is 15.0 Å². The number of hydrogen-bond donors (Lipinski definition) is 1. The van der Waals surface area contributed by atoms with Crippen molar-refractivity contribution in [1.29, 1.82) is 0 Å². The lowest BCUT2D eigenvalue weighted by Crippen LogP contribution is -2.31. The van der Waals surface area contributed by atoms with E-state index in [1.54, 1.807) is 0 Å². The number of nitrogens with one attached hydrogen (secondary N) is 1. The van der Waals surface area contributed by atoms with Gasteiger partial charge < -0.3 is 15.0 Å². The van der Waals surface area contributed by atoms with Crippen LogP contribution in [-0.4, -0.2) is 25.6 Å². The van der Waals surface area contributed by atoms with Gasteiger partial charge in [0.05, 0.1) is 6.04 Å². The van der Waals surface area contributed by atoms with Crippen molar-refractivity contribution in [1.82, 2.24) is 5.32 Å². The molecule has 0 aliphatic carbocycles. The third-order valence-electron chi connectivity index (χ3n) is 4.60. The summed E-state index contributed by atoms with van der Waals surface area (Å²) in [7, 11) is 0. The van der Waals surface area contributed by atoms with E-state index < -0.39 is 0 Å². The minimum absolute atomic E-state index is 0.0274. The molecule has 0 bridgehead atoms. The second kappa shape index (κ2) is 8.06. The summed E-state index contributed by atoms with van der Waals surface area (Å²) < 4.78 is 5.55. The molecule has 0 unspecified atom stereocenters. The quantitative estimate of drug-likeness (QED) is 0.870. The molecule has 1 heterocycles. The first-order valence-corrected chi connectivity index (χ1v) is 8.95. The third kappa shape index (κ3) is 4.75. The van der Waals surface area contributed by atoms with Gasteiger partial charge in [0.25, 0.3) is 5.91 Å². The van der Waals surface area contributed by atoms with E-state index in [2.05, 4.69) is 34.5 Å². The average molecular weight is 338 g/mol. The summed E-state index contributed by atoms with van der Waals surface area (Å²) in [5.41, 5.74) is 3.48. The number of ether oxygens (including phenoxy) is 1. The van der Waals surface area contributed by atoms with E-state index in [0.29, 0.717) is 0 Å². The normalized spacial score (nSPS) is 15.0. The van der Waals surface area contributed by atoms with Crippen LogP contribution in [0.3, 0.4) is 0 Å². The molecule has 132 valence electrons. The Kier molecular flexibility index (Phi) is 5.59. The average Bonchev–Trinajstić information content (AvgIpc) is 3.15. The third-order valence-corrected chi connectivity index (χ3v) is 4.60. The molecular weight excluding hydrogens is 312 g/mol. The molecule has 1 aliphatic rings. The molecule has 3 rings (SSSR count). The fourth-order valence-corrected chi connectivity index (χ4v) is 3.17. The molecule has 25 heavy (non-hydrogen) atoms. The van der Waals surface area contributed by atoms with E-state index >= 15 is 0 Å². The second-order valence-electron chi connectivity index (χ2n) is 6.68. The van der Waals surface area contributed by atoms with Crippen LogP contribution in [0.25, 0.3) is 0 Å².